The molecule has 0 aromatic carbocycles. The molecule has 2 atom stereocenters. The van der Waals surface area contributed by atoms with Crippen molar-refractivity contribution >= 4 is 0 Å². The van der Waals surface area contributed by atoms with E-state index >= 15 is 0 Å². The number of hydrogen-bond donors (Lipinski definition) is 0. The predicted molar refractivity (Wildman–Crippen MR) is 71.3 cm³/mol. The molecule has 0 saturated carbocycles. The zero-order valence-corrected chi connectivity index (χ0v) is 11.8. The highest BCUT2D eigenvalue weighted by molar-refractivity contribution is 5.22. The molecule has 0 amide bonds. The zero-order valence-electron chi connectivity index (χ0n) is 11.8. The van der Waals surface area contributed by atoms with Gasteiger partial charge in [-0.3, -0.25) is 0 Å². The Balaban J connectivity index is 5.57. The summed E-state index contributed by atoms with van der Waals surface area (Å²) in [6, 6.07) is 0. The van der Waals surface area contributed by atoms with E-state index in [9.17, 15) is 8.78 Å². The first-order valence-corrected chi connectivity index (χ1v) is 5.92. The number of rotatable bonds is 5. The van der Waals surface area contributed by atoms with E-state index < -0.39 is 17.5 Å². The molecule has 0 aromatic rings. The molecule has 0 nitrogen and oxygen atoms in total. The number of halogens is 2. The second-order valence-corrected chi connectivity index (χ2v) is 5.17. The molecular weight excluding hydrogens is 218 g/mol. The van der Waals surface area contributed by atoms with Crippen LogP contribution in [0.25, 0.3) is 0 Å². The Morgan fingerprint density at radius 1 is 1.24 bits per heavy atom. The highest BCUT2D eigenvalue weighted by Crippen LogP contribution is 2.42. The molecule has 0 N–H and O–H groups in total. The van der Waals surface area contributed by atoms with Crippen LogP contribution in [0.5, 0.6) is 0 Å². The van der Waals surface area contributed by atoms with Crippen LogP contribution in [-0.2, 0) is 0 Å². The van der Waals surface area contributed by atoms with Crippen LogP contribution in [0.15, 0.2) is 35.7 Å². The lowest BCUT2D eigenvalue weighted by Gasteiger charge is -2.37. The molecule has 0 spiro atoms. The Labute approximate surface area is 104 Å². The van der Waals surface area contributed by atoms with Crippen LogP contribution in [0.4, 0.5) is 8.78 Å². The van der Waals surface area contributed by atoms with Crippen molar-refractivity contribution in [3.8, 4) is 0 Å². The Morgan fingerprint density at radius 3 is 2.00 bits per heavy atom. The van der Waals surface area contributed by atoms with Crippen molar-refractivity contribution < 1.29 is 8.78 Å². The SMILES string of the molecule is C=C(C)C(C)(C)C(/C(C)=C(/C)F)[C@@H](F)/C=C/C. The molecule has 0 heterocycles. The van der Waals surface area contributed by atoms with Gasteiger partial charge < -0.3 is 0 Å². The Hall–Kier alpha value is -0.920. The van der Waals surface area contributed by atoms with Crippen LogP contribution in [-0.4, -0.2) is 6.17 Å². The van der Waals surface area contributed by atoms with Crippen LogP contribution in [0.2, 0.25) is 0 Å². The quantitative estimate of drug-likeness (QED) is 0.567. The monoisotopic (exact) mass is 242 g/mol. The van der Waals surface area contributed by atoms with E-state index in [0.29, 0.717) is 5.57 Å². The van der Waals surface area contributed by atoms with E-state index in [1.54, 1.807) is 19.9 Å². The minimum atomic E-state index is -1.20. The molecule has 0 saturated heterocycles. The van der Waals surface area contributed by atoms with Crippen molar-refractivity contribution in [1.29, 1.82) is 0 Å². The predicted octanol–water partition coefficient (Wildman–Crippen LogP) is 5.38. The summed E-state index contributed by atoms with van der Waals surface area (Å²) in [6.45, 7) is 14.4. The van der Waals surface area contributed by atoms with Crippen LogP contribution in [0.1, 0.15) is 41.5 Å². The third-order valence-corrected chi connectivity index (χ3v) is 3.58. The maximum Gasteiger partial charge on any atom is 0.126 e. The number of alkyl halides is 1. The van der Waals surface area contributed by atoms with Crippen LogP contribution >= 0.6 is 0 Å². The fourth-order valence-electron chi connectivity index (χ4n) is 1.95. The molecule has 0 aromatic heterocycles. The standard InChI is InChI=1S/C15H24F2/c1-8-9-13(17)14(11(4)12(5)16)15(6,7)10(2)3/h8-9,13-14H,2H2,1,3-7H3/b9-8+,12-11-/t13-,14?/m0/s1. The minimum absolute atomic E-state index is 0.309. The van der Waals surface area contributed by atoms with Crippen LogP contribution in [0.3, 0.4) is 0 Å². The van der Waals surface area contributed by atoms with E-state index in [1.807, 2.05) is 20.8 Å². The lowest BCUT2D eigenvalue weighted by molar-refractivity contribution is 0.190. The largest absolute Gasteiger partial charge is 0.242 e. The van der Waals surface area contributed by atoms with E-state index in [0.717, 1.165) is 5.57 Å². The summed E-state index contributed by atoms with van der Waals surface area (Å²) >= 11 is 0. The summed E-state index contributed by atoms with van der Waals surface area (Å²) in [6.07, 6.45) is 1.94. The molecule has 0 bridgehead atoms. The third-order valence-electron chi connectivity index (χ3n) is 3.58. The maximum absolute atomic E-state index is 14.2. The smallest absolute Gasteiger partial charge is 0.126 e. The van der Waals surface area contributed by atoms with Gasteiger partial charge in [0.2, 0.25) is 0 Å². The highest BCUT2D eigenvalue weighted by atomic mass is 19.1. The number of allylic oxidation sites excluding steroid dienone is 5. The molecule has 0 rings (SSSR count). The van der Waals surface area contributed by atoms with Crippen molar-refractivity contribution in [2.45, 2.75) is 47.7 Å². The van der Waals surface area contributed by atoms with E-state index in [1.165, 1.54) is 13.0 Å². The van der Waals surface area contributed by atoms with Crippen molar-refractivity contribution in [1.82, 2.24) is 0 Å². The fraction of sp³-hybridized carbons (Fsp3) is 0.600. The van der Waals surface area contributed by atoms with Gasteiger partial charge in [0.15, 0.2) is 0 Å². The topological polar surface area (TPSA) is 0 Å². The molecule has 2 heteroatoms. The second kappa shape index (κ2) is 6.13. The first-order valence-electron chi connectivity index (χ1n) is 5.92. The van der Waals surface area contributed by atoms with Gasteiger partial charge in [-0.05, 0) is 38.7 Å². The van der Waals surface area contributed by atoms with Gasteiger partial charge in [-0.2, -0.15) is 0 Å². The fourth-order valence-corrected chi connectivity index (χ4v) is 1.95. The van der Waals surface area contributed by atoms with Crippen molar-refractivity contribution in [2.75, 3.05) is 0 Å². The second-order valence-electron chi connectivity index (χ2n) is 5.17. The molecule has 17 heavy (non-hydrogen) atoms. The average molecular weight is 242 g/mol. The number of hydrogen-bond acceptors (Lipinski definition) is 0. The zero-order chi connectivity index (χ0) is 13.8. The lowest BCUT2D eigenvalue weighted by atomic mass is 9.68. The van der Waals surface area contributed by atoms with Gasteiger partial charge >= 0.3 is 0 Å². The molecule has 1 unspecified atom stereocenters. The Kier molecular flexibility index (Phi) is 5.80. The molecule has 0 radical (unpaired) electrons. The van der Waals surface area contributed by atoms with Gasteiger partial charge in [-0.1, -0.05) is 38.2 Å². The van der Waals surface area contributed by atoms with E-state index in [4.69, 9.17) is 0 Å². The average Bonchev–Trinajstić information content (AvgIpc) is 2.17. The maximum atomic E-state index is 14.2. The van der Waals surface area contributed by atoms with Crippen LogP contribution < -0.4 is 0 Å². The summed E-state index contributed by atoms with van der Waals surface area (Å²) in [5, 5.41) is 0. The minimum Gasteiger partial charge on any atom is -0.242 e. The normalized spacial score (nSPS) is 17.9. The van der Waals surface area contributed by atoms with Gasteiger partial charge in [0.1, 0.15) is 6.17 Å². The van der Waals surface area contributed by atoms with Crippen molar-refractivity contribution in [3.63, 3.8) is 0 Å². The lowest BCUT2D eigenvalue weighted by Crippen LogP contribution is -2.33. The molecule has 0 fully saturated rings. The molecule has 0 aliphatic heterocycles. The van der Waals surface area contributed by atoms with Crippen molar-refractivity contribution in [3.05, 3.63) is 35.7 Å². The summed E-state index contributed by atoms with van der Waals surface area (Å²) in [4.78, 5) is 0. The van der Waals surface area contributed by atoms with Gasteiger partial charge in [0.05, 0.1) is 5.83 Å². The summed E-state index contributed by atoms with van der Waals surface area (Å²) < 4.78 is 27.6. The molecular formula is C15H24F2. The summed E-state index contributed by atoms with van der Waals surface area (Å²) in [5.74, 6) is -0.822. The highest BCUT2D eigenvalue weighted by Gasteiger charge is 2.37. The van der Waals surface area contributed by atoms with E-state index in [2.05, 4.69) is 6.58 Å². The summed E-state index contributed by atoms with van der Waals surface area (Å²) in [7, 11) is 0. The summed E-state index contributed by atoms with van der Waals surface area (Å²) in [5.41, 5.74) is 0.843. The molecule has 98 valence electrons. The Bertz CT molecular complexity index is 331. The first-order chi connectivity index (χ1) is 7.66. The van der Waals surface area contributed by atoms with E-state index in [-0.39, 0.29) is 5.83 Å². The van der Waals surface area contributed by atoms with Crippen molar-refractivity contribution in [2.24, 2.45) is 11.3 Å². The third kappa shape index (κ3) is 3.79. The first kappa shape index (κ1) is 16.1. The molecule has 0 aliphatic rings. The van der Waals surface area contributed by atoms with Gasteiger partial charge in [-0.15, -0.1) is 0 Å². The van der Waals surface area contributed by atoms with Gasteiger partial charge in [0.25, 0.3) is 0 Å². The Morgan fingerprint density at radius 2 is 1.71 bits per heavy atom. The molecule has 0 aliphatic carbocycles. The van der Waals surface area contributed by atoms with Crippen LogP contribution in [0, 0.1) is 11.3 Å². The van der Waals surface area contributed by atoms with Gasteiger partial charge in [0, 0.05) is 5.92 Å². The van der Waals surface area contributed by atoms with Gasteiger partial charge in [-0.25, -0.2) is 8.78 Å².